The van der Waals surface area contributed by atoms with Crippen LogP contribution in [0.5, 0.6) is 0 Å². The van der Waals surface area contributed by atoms with Crippen LogP contribution in [0.1, 0.15) is 12.5 Å². The highest BCUT2D eigenvalue weighted by atomic mass is 32.2. The Morgan fingerprint density at radius 1 is 1.50 bits per heavy atom. The second kappa shape index (κ2) is 3.18. The summed E-state index contributed by atoms with van der Waals surface area (Å²) in [4.78, 5) is 0.282. The summed E-state index contributed by atoms with van der Waals surface area (Å²) in [6.45, 7) is 2.40. The van der Waals surface area contributed by atoms with Crippen molar-refractivity contribution in [1.82, 2.24) is 0 Å². The molecule has 0 saturated heterocycles. The van der Waals surface area contributed by atoms with E-state index >= 15 is 0 Å². The Kier molecular flexibility index (Phi) is 2.13. The molecule has 0 amide bonds. The molecule has 0 saturated carbocycles. The van der Waals surface area contributed by atoms with Crippen molar-refractivity contribution in [1.29, 1.82) is 0 Å². The maximum Gasteiger partial charge on any atom is 0.205 e. The normalized spacial score (nSPS) is 24.9. The highest BCUT2D eigenvalue weighted by molar-refractivity contribution is 7.88. The van der Waals surface area contributed by atoms with E-state index in [-0.39, 0.29) is 4.90 Å². The van der Waals surface area contributed by atoms with Gasteiger partial charge in [0.15, 0.2) is 6.54 Å². The summed E-state index contributed by atoms with van der Waals surface area (Å²) in [7, 11) is -3.48. The van der Waals surface area contributed by atoms with Gasteiger partial charge < -0.3 is 4.55 Å². The van der Waals surface area contributed by atoms with Crippen LogP contribution in [0.25, 0.3) is 0 Å². The number of benzene rings is 1. The van der Waals surface area contributed by atoms with Crippen LogP contribution >= 0.6 is 0 Å². The third kappa shape index (κ3) is 1.44. The first-order chi connectivity index (χ1) is 6.63. The summed E-state index contributed by atoms with van der Waals surface area (Å²) in [5.74, 6) is 0. The Morgan fingerprint density at radius 2 is 2.21 bits per heavy atom. The quantitative estimate of drug-likeness (QED) is 0.650. The van der Waals surface area contributed by atoms with Crippen molar-refractivity contribution in [2.24, 2.45) is 4.47 Å². The molecule has 1 aliphatic rings. The van der Waals surface area contributed by atoms with Crippen LogP contribution in [0.15, 0.2) is 33.6 Å². The molecule has 2 rings (SSSR count). The van der Waals surface area contributed by atoms with E-state index in [2.05, 4.69) is 4.47 Å². The predicted octanol–water partition coefficient (Wildman–Crippen LogP) is 1.02. The van der Waals surface area contributed by atoms with Crippen LogP contribution in [0.4, 0.5) is 0 Å². The number of nitrogens with zero attached hydrogens (tertiary/aromatic N) is 2. The Labute approximate surface area is 82.9 Å². The first-order valence-corrected chi connectivity index (χ1v) is 5.76. The molecular formula is C9H10N2O2S. The molecule has 0 fully saturated rings. The molecule has 0 aliphatic carbocycles. The molecule has 1 heterocycles. The number of fused-ring (bicyclic) bond motifs is 1. The van der Waals surface area contributed by atoms with Gasteiger partial charge in [-0.15, -0.1) is 0 Å². The van der Waals surface area contributed by atoms with Crippen LogP contribution in [-0.2, 0) is 10.0 Å². The summed E-state index contributed by atoms with van der Waals surface area (Å²) in [5, 5.41) is 0. The maximum atomic E-state index is 11.6. The molecule has 74 valence electrons. The van der Waals surface area contributed by atoms with E-state index in [0.29, 0.717) is 12.1 Å². The third-order valence-corrected chi connectivity index (χ3v) is 3.37. The minimum atomic E-state index is -3.48. The zero-order valence-corrected chi connectivity index (χ0v) is 8.53. The highest BCUT2D eigenvalue weighted by Gasteiger charge is 2.17. The molecule has 1 aromatic carbocycles. The third-order valence-electron chi connectivity index (χ3n) is 2.02. The van der Waals surface area contributed by atoms with Crippen LogP contribution in [0, 0.1) is 0 Å². The van der Waals surface area contributed by atoms with E-state index in [4.69, 9.17) is 0 Å². The van der Waals surface area contributed by atoms with Gasteiger partial charge in [-0.05, 0) is 19.1 Å². The smallest absolute Gasteiger partial charge is 0.205 e. The average Bonchev–Trinajstić information content (AvgIpc) is 2.17. The average molecular weight is 210 g/mol. The van der Waals surface area contributed by atoms with Gasteiger partial charge in [0.25, 0.3) is 0 Å². The lowest BCUT2D eigenvalue weighted by molar-refractivity contribution is -0.523. The fourth-order valence-electron chi connectivity index (χ4n) is 1.34. The summed E-state index contributed by atoms with van der Waals surface area (Å²) >= 11 is 0. The molecule has 0 aromatic heterocycles. The monoisotopic (exact) mass is 210 g/mol. The second-order valence-electron chi connectivity index (χ2n) is 2.98. The van der Waals surface area contributed by atoms with Crippen LogP contribution in [0.2, 0.25) is 0 Å². The Balaban J connectivity index is 2.74. The number of hydrogen-bond donors (Lipinski definition) is 0. The zero-order chi connectivity index (χ0) is 10.2. The van der Waals surface area contributed by atoms with Gasteiger partial charge >= 0.3 is 0 Å². The number of rotatable bonds is 1. The largest absolute Gasteiger partial charge is 0.756 e. The van der Waals surface area contributed by atoms with Gasteiger partial charge in [-0.1, -0.05) is 16.8 Å². The van der Waals surface area contributed by atoms with Crippen molar-refractivity contribution in [2.45, 2.75) is 11.8 Å². The molecule has 0 spiro atoms. The van der Waals surface area contributed by atoms with Crippen molar-refractivity contribution in [3.63, 3.8) is 0 Å². The molecule has 5 heteroatoms. The Hall–Kier alpha value is -1.20. The summed E-state index contributed by atoms with van der Waals surface area (Å²) in [6.07, 6.45) is 1.73. The van der Waals surface area contributed by atoms with E-state index in [9.17, 15) is 8.76 Å². The summed E-state index contributed by atoms with van der Waals surface area (Å²) in [5.41, 5.74) is 0.698. The van der Waals surface area contributed by atoms with Gasteiger partial charge in [0.05, 0.1) is 20.5 Å². The van der Waals surface area contributed by atoms with Gasteiger partial charge in [-0.2, -0.15) is 0 Å². The molecule has 0 bridgehead atoms. The SMILES string of the molecule is CC[N+]1=Cc2ccccc2S(=O)([O-])=N1. The van der Waals surface area contributed by atoms with Gasteiger partial charge in [-0.3, -0.25) is 4.21 Å². The van der Waals surface area contributed by atoms with Gasteiger partial charge in [0.1, 0.15) is 0 Å². The maximum absolute atomic E-state index is 11.6. The Morgan fingerprint density at radius 3 is 2.93 bits per heavy atom. The Bertz CT molecular complexity index is 513. The van der Waals surface area contributed by atoms with Crippen molar-refractivity contribution in [3.8, 4) is 0 Å². The van der Waals surface area contributed by atoms with Crippen LogP contribution in [0.3, 0.4) is 0 Å². The molecule has 1 unspecified atom stereocenters. The van der Waals surface area contributed by atoms with Crippen molar-refractivity contribution in [2.75, 3.05) is 6.54 Å². The first-order valence-electron chi connectivity index (χ1n) is 4.32. The molecular weight excluding hydrogens is 200 g/mol. The fourth-order valence-corrected chi connectivity index (χ4v) is 2.53. The van der Waals surface area contributed by atoms with E-state index in [1.165, 1.54) is 4.68 Å². The highest BCUT2D eigenvalue weighted by Crippen LogP contribution is 2.18. The second-order valence-corrected chi connectivity index (χ2v) is 4.53. The topological polar surface area (TPSA) is 55.5 Å². The lowest BCUT2D eigenvalue weighted by atomic mass is 10.2. The van der Waals surface area contributed by atoms with Gasteiger partial charge in [0.2, 0.25) is 6.21 Å². The van der Waals surface area contributed by atoms with E-state index < -0.39 is 10.0 Å². The molecule has 1 aromatic rings. The van der Waals surface area contributed by atoms with Crippen LogP contribution in [-0.4, -0.2) is 26.2 Å². The minimum absolute atomic E-state index is 0.282. The molecule has 14 heavy (non-hydrogen) atoms. The van der Waals surface area contributed by atoms with E-state index in [1.807, 2.05) is 13.0 Å². The molecule has 1 aliphatic heterocycles. The van der Waals surface area contributed by atoms with Crippen molar-refractivity contribution in [3.05, 3.63) is 29.8 Å². The van der Waals surface area contributed by atoms with Crippen LogP contribution < -0.4 is 0 Å². The summed E-state index contributed by atoms with van der Waals surface area (Å²) < 4.78 is 28.3. The molecule has 1 atom stereocenters. The van der Waals surface area contributed by atoms with Crippen molar-refractivity contribution >= 4 is 16.2 Å². The first kappa shape index (κ1) is 9.36. The number of hydrogen-bond acceptors (Lipinski definition) is 3. The lowest BCUT2D eigenvalue weighted by Crippen LogP contribution is -2.18. The zero-order valence-electron chi connectivity index (χ0n) is 7.71. The minimum Gasteiger partial charge on any atom is -0.756 e. The van der Waals surface area contributed by atoms with E-state index in [1.54, 1.807) is 24.4 Å². The molecule has 0 radical (unpaired) electrons. The predicted molar refractivity (Wildman–Crippen MR) is 52.0 cm³/mol. The van der Waals surface area contributed by atoms with E-state index in [0.717, 1.165) is 0 Å². The molecule has 4 nitrogen and oxygen atoms in total. The van der Waals surface area contributed by atoms with Gasteiger partial charge in [-0.25, -0.2) is 0 Å². The molecule has 0 N–H and O–H groups in total. The lowest BCUT2D eigenvalue weighted by Gasteiger charge is -2.15. The standard InChI is InChI=1S/C9H10N2O2S/c1-2-11-7-8-5-3-4-6-9(8)14(12,13)10-11/h3-7H,2H2,1H3. The van der Waals surface area contributed by atoms with Crippen molar-refractivity contribution < 1.29 is 13.4 Å². The van der Waals surface area contributed by atoms with Gasteiger partial charge in [0, 0.05) is 4.47 Å². The fraction of sp³-hybridized carbons (Fsp3) is 0.222. The summed E-state index contributed by atoms with van der Waals surface area (Å²) in [6, 6.07) is 6.84.